The zero-order chi connectivity index (χ0) is 10.7. The summed E-state index contributed by atoms with van der Waals surface area (Å²) in [6.45, 7) is 1.27. The van der Waals surface area contributed by atoms with Crippen LogP contribution in [0.1, 0.15) is 6.92 Å². The van der Waals surface area contributed by atoms with Crippen LogP contribution in [0.15, 0.2) is 18.2 Å². The first kappa shape index (κ1) is 10.4. The van der Waals surface area contributed by atoms with Gasteiger partial charge in [0.05, 0.1) is 0 Å². The van der Waals surface area contributed by atoms with Gasteiger partial charge in [0.15, 0.2) is 6.10 Å². The Balaban J connectivity index is 2.81. The lowest BCUT2D eigenvalue weighted by molar-refractivity contribution is -0.144. The Bertz CT molecular complexity index is 332. The summed E-state index contributed by atoms with van der Waals surface area (Å²) in [5.74, 6) is -2.96. The Morgan fingerprint density at radius 3 is 2.29 bits per heavy atom. The third-order valence-corrected chi connectivity index (χ3v) is 1.50. The second-order valence-corrected chi connectivity index (χ2v) is 2.70. The van der Waals surface area contributed by atoms with Crippen LogP contribution in [0.2, 0.25) is 0 Å². The van der Waals surface area contributed by atoms with Gasteiger partial charge in [-0.15, -0.1) is 0 Å². The quantitative estimate of drug-likeness (QED) is 0.813. The second kappa shape index (κ2) is 4.04. The first-order chi connectivity index (χ1) is 6.49. The average Bonchev–Trinajstić information content (AvgIpc) is 2.01. The Kier molecular flexibility index (Phi) is 3.01. The highest BCUT2D eigenvalue weighted by Crippen LogP contribution is 2.16. The number of hydrogen-bond acceptors (Lipinski definition) is 2. The number of carbonyl (C=O) groups is 1. The third-order valence-electron chi connectivity index (χ3n) is 1.50. The van der Waals surface area contributed by atoms with Gasteiger partial charge in [-0.2, -0.15) is 0 Å². The minimum atomic E-state index is -1.20. The van der Waals surface area contributed by atoms with Crippen molar-refractivity contribution in [3.63, 3.8) is 0 Å². The van der Waals surface area contributed by atoms with E-state index in [0.717, 1.165) is 12.1 Å². The molecule has 1 atom stereocenters. The zero-order valence-electron chi connectivity index (χ0n) is 7.33. The summed E-state index contributed by atoms with van der Waals surface area (Å²) < 4.78 is 30.0. The maximum absolute atomic E-state index is 12.6. The van der Waals surface area contributed by atoms with E-state index in [2.05, 4.69) is 0 Å². The Hall–Kier alpha value is -1.65. The number of rotatable bonds is 3. The lowest BCUT2D eigenvalue weighted by Gasteiger charge is -2.09. The van der Waals surface area contributed by atoms with Crippen LogP contribution in [-0.4, -0.2) is 17.2 Å². The van der Waals surface area contributed by atoms with Crippen LogP contribution < -0.4 is 4.74 Å². The third kappa shape index (κ3) is 2.69. The first-order valence-corrected chi connectivity index (χ1v) is 3.84. The van der Waals surface area contributed by atoms with E-state index in [1.54, 1.807) is 0 Å². The molecule has 0 aliphatic rings. The largest absolute Gasteiger partial charge is 0.479 e. The van der Waals surface area contributed by atoms with E-state index in [0.29, 0.717) is 6.07 Å². The molecule has 0 radical (unpaired) electrons. The molecule has 0 heterocycles. The molecular weight excluding hydrogens is 194 g/mol. The van der Waals surface area contributed by atoms with Gasteiger partial charge in [-0.25, -0.2) is 13.6 Å². The molecule has 76 valence electrons. The molecule has 14 heavy (non-hydrogen) atoms. The maximum atomic E-state index is 12.6. The molecule has 0 aliphatic heterocycles. The fourth-order valence-corrected chi connectivity index (χ4v) is 0.851. The maximum Gasteiger partial charge on any atom is 0.344 e. The van der Waals surface area contributed by atoms with Crippen molar-refractivity contribution in [2.75, 3.05) is 0 Å². The van der Waals surface area contributed by atoms with E-state index in [4.69, 9.17) is 9.84 Å². The lowest BCUT2D eigenvalue weighted by atomic mass is 10.3. The van der Waals surface area contributed by atoms with Crippen molar-refractivity contribution in [2.24, 2.45) is 0 Å². The van der Waals surface area contributed by atoms with Gasteiger partial charge in [0, 0.05) is 18.2 Å². The minimum Gasteiger partial charge on any atom is -0.479 e. The second-order valence-electron chi connectivity index (χ2n) is 2.70. The van der Waals surface area contributed by atoms with Gasteiger partial charge in [-0.3, -0.25) is 0 Å². The number of hydrogen-bond donors (Lipinski definition) is 1. The van der Waals surface area contributed by atoms with Gasteiger partial charge in [0.2, 0.25) is 0 Å². The molecule has 0 saturated carbocycles. The van der Waals surface area contributed by atoms with E-state index in [9.17, 15) is 13.6 Å². The van der Waals surface area contributed by atoms with Crippen molar-refractivity contribution < 1.29 is 23.4 Å². The number of ether oxygens (including phenoxy) is 1. The van der Waals surface area contributed by atoms with Crippen LogP contribution in [0.5, 0.6) is 5.75 Å². The number of halogens is 2. The molecule has 3 nitrogen and oxygen atoms in total. The lowest BCUT2D eigenvalue weighted by Crippen LogP contribution is -2.22. The molecule has 1 aromatic carbocycles. The Morgan fingerprint density at radius 2 is 1.86 bits per heavy atom. The summed E-state index contributed by atoms with van der Waals surface area (Å²) in [5, 5.41) is 8.47. The van der Waals surface area contributed by atoms with Gasteiger partial charge in [0.1, 0.15) is 17.4 Å². The molecule has 1 rings (SSSR count). The predicted octanol–water partition coefficient (Wildman–Crippen LogP) is 1.82. The fourth-order valence-electron chi connectivity index (χ4n) is 0.851. The fraction of sp³-hybridized carbons (Fsp3) is 0.222. The predicted molar refractivity (Wildman–Crippen MR) is 44.1 cm³/mol. The van der Waals surface area contributed by atoms with Crippen molar-refractivity contribution >= 4 is 5.97 Å². The van der Waals surface area contributed by atoms with Crippen LogP contribution in [0.4, 0.5) is 8.78 Å². The van der Waals surface area contributed by atoms with Crippen LogP contribution >= 0.6 is 0 Å². The average molecular weight is 202 g/mol. The van der Waals surface area contributed by atoms with Crippen molar-refractivity contribution in [1.29, 1.82) is 0 Å². The summed E-state index contributed by atoms with van der Waals surface area (Å²) in [5.41, 5.74) is 0. The van der Waals surface area contributed by atoms with E-state index in [1.807, 2.05) is 0 Å². The summed E-state index contributed by atoms with van der Waals surface area (Å²) in [4.78, 5) is 10.4. The van der Waals surface area contributed by atoms with Gasteiger partial charge in [0.25, 0.3) is 0 Å². The number of benzene rings is 1. The first-order valence-electron chi connectivity index (χ1n) is 3.84. The number of carboxylic acid groups (broad SMARTS) is 1. The van der Waals surface area contributed by atoms with Crippen molar-refractivity contribution in [3.8, 4) is 5.75 Å². The minimum absolute atomic E-state index is 0.141. The topological polar surface area (TPSA) is 46.5 Å². The van der Waals surface area contributed by atoms with Crippen LogP contribution in [0.25, 0.3) is 0 Å². The highest BCUT2D eigenvalue weighted by atomic mass is 19.1. The molecule has 0 aliphatic carbocycles. The molecule has 1 N–H and O–H groups in total. The summed E-state index contributed by atoms with van der Waals surface area (Å²) in [7, 11) is 0. The number of carboxylic acids is 1. The molecule has 1 unspecified atom stereocenters. The molecule has 1 aromatic rings. The summed E-state index contributed by atoms with van der Waals surface area (Å²) >= 11 is 0. The SMILES string of the molecule is CC(Oc1cc(F)cc(F)c1)C(=O)O. The highest BCUT2D eigenvalue weighted by Gasteiger charge is 2.13. The molecule has 5 heteroatoms. The molecule has 0 spiro atoms. The highest BCUT2D eigenvalue weighted by molar-refractivity contribution is 5.72. The molecule has 0 bridgehead atoms. The summed E-state index contributed by atoms with van der Waals surface area (Å²) in [6, 6.07) is 2.52. The van der Waals surface area contributed by atoms with E-state index >= 15 is 0 Å². The summed E-state index contributed by atoms with van der Waals surface area (Å²) in [6.07, 6.45) is -1.14. The van der Waals surface area contributed by atoms with Gasteiger partial charge in [-0.1, -0.05) is 0 Å². The van der Waals surface area contributed by atoms with E-state index < -0.39 is 23.7 Å². The Labute approximate surface area is 78.9 Å². The Morgan fingerprint density at radius 1 is 1.36 bits per heavy atom. The van der Waals surface area contributed by atoms with Crippen molar-refractivity contribution in [1.82, 2.24) is 0 Å². The van der Waals surface area contributed by atoms with Crippen molar-refractivity contribution in [3.05, 3.63) is 29.8 Å². The van der Waals surface area contributed by atoms with E-state index in [-0.39, 0.29) is 5.75 Å². The van der Waals surface area contributed by atoms with Crippen LogP contribution in [0.3, 0.4) is 0 Å². The smallest absolute Gasteiger partial charge is 0.344 e. The van der Waals surface area contributed by atoms with Crippen LogP contribution in [-0.2, 0) is 4.79 Å². The van der Waals surface area contributed by atoms with E-state index in [1.165, 1.54) is 6.92 Å². The molecule has 0 amide bonds. The standard InChI is InChI=1S/C9H8F2O3/c1-5(9(12)13)14-8-3-6(10)2-7(11)4-8/h2-5H,1H3,(H,12,13). The van der Waals surface area contributed by atoms with Crippen LogP contribution in [0, 0.1) is 11.6 Å². The van der Waals surface area contributed by atoms with Crippen molar-refractivity contribution in [2.45, 2.75) is 13.0 Å². The number of aliphatic carboxylic acids is 1. The van der Waals surface area contributed by atoms with Gasteiger partial charge < -0.3 is 9.84 Å². The molecular formula is C9H8F2O3. The normalized spacial score (nSPS) is 12.2. The molecule has 0 fully saturated rings. The zero-order valence-corrected chi connectivity index (χ0v) is 7.33. The monoisotopic (exact) mass is 202 g/mol. The van der Waals surface area contributed by atoms with Gasteiger partial charge in [-0.05, 0) is 6.92 Å². The van der Waals surface area contributed by atoms with Gasteiger partial charge >= 0.3 is 5.97 Å². The molecule has 0 aromatic heterocycles. The molecule has 0 saturated heterocycles.